The Morgan fingerprint density at radius 3 is 2.76 bits per heavy atom. The van der Waals surface area contributed by atoms with Crippen molar-refractivity contribution in [2.24, 2.45) is 0 Å². The second-order valence-corrected chi connectivity index (χ2v) is 8.15. The summed E-state index contributed by atoms with van der Waals surface area (Å²) < 4.78 is 2.09. The third-order valence-corrected chi connectivity index (χ3v) is 6.50. The zero-order chi connectivity index (χ0) is 17.8. The van der Waals surface area contributed by atoms with Crippen LogP contribution < -0.4 is 0 Å². The van der Waals surface area contributed by atoms with Gasteiger partial charge in [0.15, 0.2) is 11.0 Å². The van der Waals surface area contributed by atoms with Crippen LogP contribution in [0.4, 0.5) is 0 Å². The second kappa shape index (κ2) is 8.41. The first kappa shape index (κ1) is 18.5. The van der Waals surface area contributed by atoms with Gasteiger partial charge in [-0.25, -0.2) is 0 Å². The molecule has 3 aromatic rings. The van der Waals surface area contributed by atoms with Crippen LogP contribution in [0.25, 0.3) is 11.4 Å². The minimum Gasteiger partial charge on any atom is -0.298 e. The summed E-state index contributed by atoms with van der Waals surface area (Å²) >= 11 is 15.4. The quantitative estimate of drug-likeness (QED) is 0.336. The SMILES string of the molecule is C=CCn1c(SCc2ccc(Cl)c(Cl)c2)nnc1-c1csc(CC)c1. The van der Waals surface area contributed by atoms with E-state index < -0.39 is 0 Å². The van der Waals surface area contributed by atoms with Crippen LogP contribution in [0.3, 0.4) is 0 Å². The van der Waals surface area contributed by atoms with E-state index in [4.69, 9.17) is 23.2 Å². The molecule has 0 radical (unpaired) electrons. The number of aryl methyl sites for hydroxylation is 1. The van der Waals surface area contributed by atoms with Gasteiger partial charge in [-0.15, -0.1) is 28.1 Å². The fourth-order valence-electron chi connectivity index (χ4n) is 2.36. The Bertz CT molecular complexity index is 886. The van der Waals surface area contributed by atoms with Gasteiger partial charge in [0.25, 0.3) is 0 Å². The van der Waals surface area contributed by atoms with Crippen molar-refractivity contribution in [3.8, 4) is 11.4 Å². The molecule has 1 aromatic carbocycles. The molecular weight excluding hydrogens is 393 g/mol. The first-order valence-corrected chi connectivity index (χ1v) is 10.4. The average molecular weight is 410 g/mol. The monoisotopic (exact) mass is 409 g/mol. The lowest BCUT2D eigenvalue weighted by molar-refractivity contribution is 0.731. The van der Waals surface area contributed by atoms with Crippen LogP contribution in [-0.2, 0) is 18.7 Å². The fourth-order valence-corrected chi connectivity index (χ4v) is 4.39. The van der Waals surface area contributed by atoms with E-state index in [0.29, 0.717) is 16.6 Å². The lowest BCUT2D eigenvalue weighted by Crippen LogP contribution is -2.00. The third kappa shape index (κ3) is 4.29. The molecule has 3 nitrogen and oxygen atoms in total. The predicted octanol–water partition coefficient (Wildman–Crippen LogP) is 6.35. The maximum Gasteiger partial charge on any atom is 0.192 e. The number of allylic oxidation sites excluding steroid dienone is 1. The van der Waals surface area contributed by atoms with Gasteiger partial charge in [-0.05, 0) is 30.2 Å². The standard InChI is InChI=1S/C18H17Cl2N3S2/c1-3-7-23-17(13-9-14(4-2)24-11-13)21-22-18(23)25-10-12-5-6-15(19)16(20)8-12/h3,5-6,8-9,11H,1,4,7,10H2,2H3. The van der Waals surface area contributed by atoms with Crippen LogP contribution in [0.1, 0.15) is 17.4 Å². The predicted molar refractivity (Wildman–Crippen MR) is 109 cm³/mol. The summed E-state index contributed by atoms with van der Waals surface area (Å²) in [5.74, 6) is 1.63. The Hall–Kier alpha value is -1.27. The molecule has 0 unspecified atom stereocenters. The first-order chi connectivity index (χ1) is 12.1. The van der Waals surface area contributed by atoms with E-state index in [1.54, 1.807) is 23.1 Å². The molecule has 25 heavy (non-hydrogen) atoms. The molecule has 0 atom stereocenters. The van der Waals surface area contributed by atoms with Crippen molar-refractivity contribution < 1.29 is 0 Å². The Morgan fingerprint density at radius 1 is 1.24 bits per heavy atom. The van der Waals surface area contributed by atoms with Gasteiger partial charge in [0.2, 0.25) is 0 Å². The molecule has 7 heteroatoms. The smallest absolute Gasteiger partial charge is 0.192 e. The summed E-state index contributed by atoms with van der Waals surface area (Å²) in [6.07, 6.45) is 2.89. The molecule has 130 valence electrons. The average Bonchev–Trinajstić information content (AvgIpc) is 3.23. The van der Waals surface area contributed by atoms with Crippen molar-refractivity contribution in [1.29, 1.82) is 0 Å². The van der Waals surface area contributed by atoms with Gasteiger partial charge in [0, 0.05) is 28.1 Å². The van der Waals surface area contributed by atoms with E-state index in [9.17, 15) is 0 Å². The number of aromatic nitrogens is 3. The molecule has 2 aromatic heterocycles. The van der Waals surface area contributed by atoms with E-state index in [1.165, 1.54) is 4.88 Å². The fraction of sp³-hybridized carbons (Fsp3) is 0.222. The van der Waals surface area contributed by atoms with E-state index >= 15 is 0 Å². The summed E-state index contributed by atoms with van der Waals surface area (Å²) in [4.78, 5) is 1.34. The topological polar surface area (TPSA) is 30.7 Å². The van der Waals surface area contributed by atoms with Crippen molar-refractivity contribution in [3.63, 3.8) is 0 Å². The van der Waals surface area contributed by atoms with Gasteiger partial charge in [0.1, 0.15) is 0 Å². The van der Waals surface area contributed by atoms with Crippen LogP contribution in [-0.4, -0.2) is 14.8 Å². The number of hydrogen-bond acceptors (Lipinski definition) is 4. The Morgan fingerprint density at radius 2 is 2.08 bits per heavy atom. The van der Waals surface area contributed by atoms with Crippen LogP contribution >= 0.6 is 46.3 Å². The van der Waals surface area contributed by atoms with Crippen molar-refractivity contribution in [2.75, 3.05) is 0 Å². The van der Waals surface area contributed by atoms with Crippen LogP contribution in [0.15, 0.2) is 47.5 Å². The first-order valence-electron chi connectivity index (χ1n) is 7.81. The van der Waals surface area contributed by atoms with Gasteiger partial charge in [-0.2, -0.15) is 0 Å². The van der Waals surface area contributed by atoms with Crippen molar-refractivity contribution in [1.82, 2.24) is 14.8 Å². The molecule has 0 saturated heterocycles. The molecule has 0 fully saturated rings. The van der Waals surface area contributed by atoms with E-state index in [-0.39, 0.29) is 0 Å². The molecule has 0 spiro atoms. The van der Waals surface area contributed by atoms with E-state index in [2.05, 4.69) is 39.7 Å². The second-order valence-electron chi connectivity index (χ2n) is 5.40. The molecule has 0 saturated carbocycles. The zero-order valence-corrected chi connectivity index (χ0v) is 16.9. The highest BCUT2D eigenvalue weighted by molar-refractivity contribution is 7.98. The number of rotatable bonds is 7. The lowest BCUT2D eigenvalue weighted by Gasteiger charge is -2.07. The molecule has 0 aliphatic carbocycles. The van der Waals surface area contributed by atoms with Crippen molar-refractivity contribution >= 4 is 46.3 Å². The molecular formula is C18H17Cl2N3S2. The molecule has 0 aliphatic heterocycles. The summed E-state index contributed by atoms with van der Waals surface area (Å²) in [6, 6.07) is 7.86. The third-order valence-electron chi connectivity index (χ3n) is 3.64. The summed E-state index contributed by atoms with van der Waals surface area (Å²) in [7, 11) is 0. The maximum atomic E-state index is 6.09. The zero-order valence-electron chi connectivity index (χ0n) is 13.7. The lowest BCUT2D eigenvalue weighted by atomic mass is 10.2. The number of benzene rings is 1. The Labute approximate surface area is 165 Å². The highest BCUT2D eigenvalue weighted by Gasteiger charge is 2.15. The highest BCUT2D eigenvalue weighted by atomic mass is 35.5. The van der Waals surface area contributed by atoms with E-state index in [1.807, 2.05) is 24.3 Å². The van der Waals surface area contributed by atoms with Crippen LogP contribution in [0, 0.1) is 0 Å². The van der Waals surface area contributed by atoms with E-state index in [0.717, 1.165) is 34.3 Å². The van der Waals surface area contributed by atoms with Gasteiger partial charge in [-0.3, -0.25) is 4.57 Å². The van der Waals surface area contributed by atoms with Crippen molar-refractivity contribution in [2.45, 2.75) is 30.8 Å². The Kier molecular flexibility index (Phi) is 6.23. The van der Waals surface area contributed by atoms with Gasteiger partial charge in [-0.1, -0.05) is 54.0 Å². The normalized spacial score (nSPS) is 11.0. The highest BCUT2D eigenvalue weighted by Crippen LogP contribution is 2.30. The van der Waals surface area contributed by atoms with Gasteiger partial charge >= 0.3 is 0 Å². The summed E-state index contributed by atoms with van der Waals surface area (Å²) in [6.45, 7) is 6.68. The van der Waals surface area contributed by atoms with Gasteiger partial charge in [0.05, 0.1) is 10.0 Å². The molecule has 2 heterocycles. The van der Waals surface area contributed by atoms with Crippen LogP contribution in [0.5, 0.6) is 0 Å². The summed E-state index contributed by atoms with van der Waals surface area (Å²) in [5, 5.41) is 12.9. The Balaban J connectivity index is 1.83. The molecule has 0 bridgehead atoms. The largest absolute Gasteiger partial charge is 0.298 e. The number of halogens is 2. The molecule has 0 aliphatic rings. The van der Waals surface area contributed by atoms with Gasteiger partial charge < -0.3 is 0 Å². The molecule has 0 amide bonds. The summed E-state index contributed by atoms with van der Waals surface area (Å²) in [5.41, 5.74) is 2.20. The minimum absolute atomic E-state index is 0.566. The molecule has 0 N–H and O–H groups in total. The number of thiophene rings is 1. The number of hydrogen-bond donors (Lipinski definition) is 0. The molecule has 3 rings (SSSR count). The maximum absolute atomic E-state index is 6.09. The van der Waals surface area contributed by atoms with Crippen LogP contribution in [0.2, 0.25) is 10.0 Å². The number of nitrogens with zero attached hydrogens (tertiary/aromatic N) is 3. The minimum atomic E-state index is 0.566. The van der Waals surface area contributed by atoms with Crippen molar-refractivity contribution in [3.05, 3.63) is 62.8 Å². The number of thioether (sulfide) groups is 1.